The van der Waals surface area contributed by atoms with Gasteiger partial charge in [0.1, 0.15) is 5.75 Å². The van der Waals surface area contributed by atoms with Gasteiger partial charge in [-0.1, -0.05) is 12.1 Å². The number of aromatic amines is 1. The van der Waals surface area contributed by atoms with Gasteiger partial charge >= 0.3 is 0 Å². The molecule has 8 heteroatoms. The number of amides is 2. The number of H-pyrrole nitrogens is 1. The average molecular weight is 317 g/mol. The number of ether oxygens (including phenoxy) is 1. The number of primary amides is 1. The van der Waals surface area contributed by atoms with Crippen molar-refractivity contribution in [3.05, 3.63) is 41.7 Å². The highest BCUT2D eigenvalue weighted by Gasteiger charge is 2.18. The third-order valence-electron chi connectivity index (χ3n) is 3.28. The van der Waals surface area contributed by atoms with Crippen molar-refractivity contribution in [2.75, 3.05) is 13.2 Å². The van der Waals surface area contributed by atoms with Crippen LogP contribution in [0.4, 0.5) is 0 Å². The molecule has 4 N–H and O–H groups in total. The maximum atomic E-state index is 11.8. The smallest absolute Gasteiger partial charge is 0.273 e. The van der Waals surface area contributed by atoms with Gasteiger partial charge in [0.25, 0.3) is 5.91 Å². The monoisotopic (exact) mass is 317 g/mol. The standard InChI is InChI=1S/C15H19N5O3/c1-2-23-12-5-3-10(4-6-12)7-11(14(16)21)8-17-15(22)13-9-18-20-19-13/h3-6,9,11H,2,7-8H2,1H3,(H2,16,21)(H,17,22)(H,18,19,20). The van der Waals surface area contributed by atoms with Crippen LogP contribution in [-0.4, -0.2) is 40.4 Å². The topological polar surface area (TPSA) is 123 Å². The molecule has 0 fully saturated rings. The molecular formula is C15H19N5O3. The fraction of sp³-hybridized carbons (Fsp3) is 0.333. The number of nitrogens with two attached hydrogens (primary N) is 1. The minimum absolute atomic E-state index is 0.133. The van der Waals surface area contributed by atoms with Crippen LogP contribution in [-0.2, 0) is 11.2 Å². The van der Waals surface area contributed by atoms with Gasteiger partial charge < -0.3 is 15.8 Å². The van der Waals surface area contributed by atoms with Gasteiger partial charge in [0.05, 0.1) is 18.7 Å². The molecule has 8 nitrogen and oxygen atoms in total. The maximum absolute atomic E-state index is 11.8. The van der Waals surface area contributed by atoms with Crippen molar-refractivity contribution in [3.63, 3.8) is 0 Å². The molecule has 23 heavy (non-hydrogen) atoms. The molecule has 0 saturated carbocycles. The van der Waals surface area contributed by atoms with Crippen LogP contribution in [0.1, 0.15) is 23.0 Å². The summed E-state index contributed by atoms with van der Waals surface area (Å²) in [6.07, 6.45) is 1.74. The number of hydrogen-bond donors (Lipinski definition) is 3. The Bertz CT molecular complexity index is 640. The van der Waals surface area contributed by atoms with Crippen molar-refractivity contribution in [3.8, 4) is 5.75 Å². The largest absolute Gasteiger partial charge is 0.494 e. The summed E-state index contributed by atoms with van der Waals surface area (Å²) in [6.45, 7) is 2.64. The van der Waals surface area contributed by atoms with Crippen molar-refractivity contribution in [2.24, 2.45) is 11.7 Å². The molecule has 1 aromatic heterocycles. The highest BCUT2D eigenvalue weighted by molar-refractivity contribution is 5.92. The third-order valence-corrected chi connectivity index (χ3v) is 3.28. The molecule has 0 bridgehead atoms. The minimum Gasteiger partial charge on any atom is -0.494 e. The first-order valence-electron chi connectivity index (χ1n) is 7.25. The summed E-state index contributed by atoms with van der Waals surface area (Å²) in [6, 6.07) is 7.43. The Morgan fingerprint density at radius 3 is 2.65 bits per heavy atom. The highest BCUT2D eigenvalue weighted by atomic mass is 16.5. The number of carbonyl (C=O) groups excluding carboxylic acids is 2. The number of nitrogens with one attached hydrogen (secondary N) is 2. The van der Waals surface area contributed by atoms with Crippen LogP contribution in [0.5, 0.6) is 5.75 Å². The lowest BCUT2D eigenvalue weighted by Gasteiger charge is -2.14. The summed E-state index contributed by atoms with van der Waals surface area (Å²) in [4.78, 5) is 23.4. The molecule has 2 rings (SSSR count). The molecule has 1 unspecified atom stereocenters. The Morgan fingerprint density at radius 2 is 2.09 bits per heavy atom. The SMILES string of the molecule is CCOc1ccc(CC(CNC(=O)c2cn[nH]n2)C(N)=O)cc1. The summed E-state index contributed by atoms with van der Waals surface area (Å²) in [5.74, 6) is -0.619. The number of carbonyl (C=O) groups is 2. The first kappa shape index (κ1) is 16.5. The normalized spacial score (nSPS) is 11.7. The number of hydrogen-bond acceptors (Lipinski definition) is 5. The highest BCUT2D eigenvalue weighted by Crippen LogP contribution is 2.15. The van der Waals surface area contributed by atoms with Crippen LogP contribution >= 0.6 is 0 Å². The van der Waals surface area contributed by atoms with E-state index < -0.39 is 17.7 Å². The number of aromatic nitrogens is 3. The number of rotatable bonds is 8. The van der Waals surface area contributed by atoms with Crippen LogP contribution < -0.4 is 15.8 Å². The van der Waals surface area contributed by atoms with Gasteiger partial charge in [0.15, 0.2) is 5.69 Å². The van der Waals surface area contributed by atoms with E-state index in [4.69, 9.17) is 10.5 Å². The van der Waals surface area contributed by atoms with Crippen molar-refractivity contribution < 1.29 is 14.3 Å². The Morgan fingerprint density at radius 1 is 1.35 bits per heavy atom. The van der Waals surface area contributed by atoms with Crippen LogP contribution in [0.3, 0.4) is 0 Å². The van der Waals surface area contributed by atoms with E-state index in [9.17, 15) is 9.59 Å². The van der Waals surface area contributed by atoms with E-state index in [2.05, 4.69) is 20.7 Å². The fourth-order valence-electron chi connectivity index (χ4n) is 2.06. The van der Waals surface area contributed by atoms with Crippen LogP contribution in [0.15, 0.2) is 30.5 Å². The van der Waals surface area contributed by atoms with E-state index in [0.29, 0.717) is 13.0 Å². The second kappa shape index (κ2) is 7.92. The predicted octanol–water partition coefficient (Wildman–Crippen LogP) is 0.277. The average Bonchev–Trinajstić information content (AvgIpc) is 3.07. The van der Waals surface area contributed by atoms with E-state index in [0.717, 1.165) is 11.3 Å². The van der Waals surface area contributed by atoms with Gasteiger partial charge in [-0.2, -0.15) is 15.4 Å². The van der Waals surface area contributed by atoms with Gasteiger partial charge in [0, 0.05) is 6.54 Å². The first-order chi connectivity index (χ1) is 11.1. The molecule has 122 valence electrons. The summed E-state index contributed by atoms with van der Waals surface area (Å²) in [5.41, 5.74) is 6.52. The minimum atomic E-state index is -0.510. The predicted molar refractivity (Wildman–Crippen MR) is 82.7 cm³/mol. The van der Waals surface area contributed by atoms with E-state index in [-0.39, 0.29) is 12.2 Å². The quantitative estimate of drug-likeness (QED) is 0.645. The molecular weight excluding hydrogens is 298 g/mol. The number of benzene rings is 1. The molecule has 2 amide bonds. The van der Waals surface area contributed by atoms with Crippen molar-refractivity contribution in [2.45, 2.75) is 13.3 Å². The van der Waals surface area contributed by atoms with Crippen LogP contribution in [0.25, 0.3) is 0 Å². The van der Waals surface area contributed by atoms with Crippen molar-refractivity contribution in [1.29, 1.82) is 0 Å². The molecule has 0 aliphatic carbocycles. The van der Waals surface area contributed by atoms with E-state index in [1.165, 1.54) is 6.20 Å². The maximum Gasteiger partial charge on any atom is 0.273 e. The zero-order valence-electron chi connectivity index (χ0n) is 12.8. The summed E-state index contributed by atoms with van der Waals surface area (Å²) in [5, 5.41) is 12.2. The molecule has 2 aromatic rings. The first-order valence-corrected chi connectivity index (χ1v) is 7.25. The van der Waals surface area contributed by atoms with Gasteiger partial charge in [-0.05, 0) is 31.0 Å². The summed E-state index contributed by atoms with van der Waals surface area (Å²) < 4.78 is 5.37. The molecule has 0 aliphatic rings. The molecule has 0 aliphatic heterocycles. The second-order valence-corrected chi connectivity index (χ2v) is 4.95. The number of nitrogens with zero attached hydrogens (tertiary/aromatic N) is 2. The summed E-state index contributed by atoms with van der Waals surface area (Å²) >= 11 is 0. The van der Waals surface area contributed by atoms with E-state index >= 15 is 0 Å². The van der Waals surface area contributed by atoms with Crippen molar-refractivity contribution >= 4 is 11.8 Å². The van der Waals surface area contributed by atoms with Crippen molar-refractivity contribution in [1.82, 2.24) is 20.7 Å². The van der Waals surface area contributed by atoms with Crippen LogP contribution in [0.2, 0.25) is 0 Å². The third kappa shape index (κ3) is 4.80. The van der Waals surface area contributed by atoms with Gasteiger partial charge in [-0.15, -0.1) is 0 Å². The molecule has 0 saturated heterocycles. The van der Waals surface area contributed by atoms with Gasteiger partial charge in [-0.25, -0.2) is 0 Å². The second-order valence-electron chi connectivity index (χ2n) is 4.95. The zero-order chi connectivity index (χ0) is 16.7. The lowest BCUT2D eigenvalue weighted by molar-refractivity contribution is -0.121. The Balaban J connectivity index is 1.93. The molecule has 0 spiro atoms. The molecule has 0 radical (unpaired) electrons. The lowest BCUT2D eigenvalue weighted by atomic mass is 9.98. The van der Waals surface area contributed by atoms with Crippen LogP contribution in [0, 0.1) is 5.92 Å². The van der Waals surface area contributed by atoms with Gasteiger partial charge in [0.2, 0.25) is 5.91 Å². The Hall–Kier alpha value is -2.90. The van der Waals surface area contributed by atoms with E-state index in [1.807, 2.05) is 31.2 Å². The summed E-state index contributed by atoms with van der Waals surface area (Å²) in [7, 11) is 0. The lowest BCUT2D eigenvalue weighted by Crippen LogP contribution is -2.37. The molecule has 1 atom stereocenters. The molecule has 1 heterocycles. The van der Waals surface area contributed by atoms with Gasteiger partial charge in [-0.3, -0.25) is 9.59 Å². The fourth-order valence-corrected chi connectivity index (χ4v) is 2.06. The zero-order valence-corrected chi connectivity index (χ0v) is 12.8. The Labute approximate surface area is 133 Å². The molecule has 1 aromatic carbocycles. The van der Waals surface area contributed by atoms with E-state index in [1.54, 1.807) is 0 Å². The Kier molecular flexibility index (Phi) is 5.67.